The second kappa shape index (κ2) is 9.24. The van der Waals surface area contributed by atoms with E-state index < -0.39 is 6.10 Å². The largest absolute Gasteiger partial charge is 0.508 e. The Morgan fingerprint density at radius 1 is 1.11 bits per heavy atom. The number of hydrogen-bond donors (Lipinski definition) is 4. The minimum Gasteiger partial charge on any atom is -0.508 e. The fraction of sp³-hybridized carbons (Fsp3) is 0.444. The Labute approximate surface area is 156 Å². The summed E-state index contributed by atoms with van der Waals surface area (Å²) in [5.41, 5.74) is -0.236. The summed E-state index contributed by atoms with van der Waals surface area (Å²) < 4.78 is 7.90. The molecule has 0 amide bonds. The first kappa shape index (κ1) is 20.5. The summed E-state index contributed by atoms with van der Waals surface area (Å²) in [5.74, 6) is 1.21. The van der Waals surface area contributed by atoms with Crippen molar-refractivity contribution in [3.05, 3.63) is 50.7 Å². The van der Waals surface area contributed by atoms with Crippen LogP contribution in [0.3, 0.4) is 0 Å². The highest BCUT2D eigenvalue weighted by Crippen LogP contribution is 2.15. The number of aromatic nitrogens is 2. The van der Waals surface area contributed by atoms with Crippen LogP contribution in [0.25, 0.3) is 0 Å². The molecule has 9 heteroatoms. The summed E-state index contributed by atoms with van der Waals surface area (Å²) in [4.78, 5) is 23.9. The Morgan fingerprint density at radius 2 is 1.78 bits per heavy atom. The van der Waals surface area contributed by atoms with E-state index in [0.717, 1.165) is 4.57 Å². The lowest BCUT2D eigenvalue weighted by molar-refractivity contribution is 0.107. The van der Waals surface area contributed by atoms with Gasteiger partial charge < -0.3 is 25.6 Å². The Balaban J connectivity index is 1.74. The topological polar surface area (TPSA) is 118 Å². The molecule has 1 heterocycles. The first-order valence-corrected chi connectivity index (χ1v) is 8.62. The minimum atomic E-state index is -0.700. The summed E-state index contributed by atoms with van der Waals surface area (Å²) in [6.07, 6.45) is -0.700. The number of benzene rings is 1. The molecule has 0 aliphatic rings. The molecule has 2 aromatic rings. The predicted octanol–water partition coefficient (Wildman–Crippen LogP) is -0.461. The highest BCUT2D eigenvalue weighted by atomic mass is 16.5. The monoisotopic (exact) mass is 378 g/mol. The second-order valence-corrected chi connectivity index (χ2v) is 6.27. The maximum absolute atomic E-state index is 12.0. The van der Waals surface area contributed by atoms with Crippen LogP contribution in [-0.2, 0) is 14.1 Å². The lowest BCUT2D eigenvalue weighted by Gasteiger charge is -2.16. The van der Waals surface area contributed by atoms with E-state index in [-0.39, 0.29) is 23.6 Å². The molecule has 27 heavy (non-hydrogen) atoms. The zero-order chi connectivity index (χ0) is 20.0. The molecule has 1 atom stereocenters. The number of ether oxygens (including phenoxy) is 1. The van der Waals surface area contributed by atoms with Crippen LogP contribution < -0.4 is 26.6 Å². The van der Waals surface area contributed by atoms with Crippen molar-refractivity contribution >= 4 is 5.82 Å². The molecule has 0 radical (unpaired) electrons. The van der Waals surface area contributed by atoms with Gasteiger partial charge in [0, 0.05) is 33.7 Å². The average Bonchev–Trinajstić information content (AvgIpc) is 2.66. The molecule has 0 spiro atoms. The molecule has 1 aromatic carbocycles. The summed E-state index contributed by atoms with van der Waals surface area (Å²) in [6.45, 7) is 3.12. The molecule has 1 aromatic heterocycles. The summed E-state index contributed by atoms with van der Waals surface area (Å²) in [6, 6.07) is 6.27. The van der Waals surface area contributed by atoms with Gasteiger partial charge in [-0.15, -0.1) is 0 Å². The lowest BCUT2D eigenvalue weighted by Crippen LogP contribution is -2.40. The second-order valence-electron chi connectivity index (χ2n) is 6.27. The molecule has 0 saturated carbocycles. The molecule has 0 aliphatic carbocycles. The summed E-state index contributed by atoms with van der Waals surface area (Å²) in [7, 11) is 3.06. The number of anilines is 1. The molecule has 148 valence electrons. The average molecular weight is 378 g/mol. The van der Waals surface area contributed by atoms with Crippen molar-refractivity contribution in [3.8, 4) is 11.5 Å². The van der Waals surface area contributed by atoms with E-state index in [4.69, 9.17) is 4.74 Å². The van der Waals surface area contributed by atoms with E-state index in [1.54, 1.807) is 26.1 Å². The van der Waals surface area contributed by atoms with Crippen LogP contribution in [0.15, 0.2) is 33.9 Å². The molecule has 0 fully saturated rings. The maximum atomic E-state index is 12.0. The third kappa shape index (κ3) is 5.35. The van der Waals surface area contributed by atoms with E-state index in [1.807, 2.05) is 0 Å². The number of nitrogens with zero attached hydrogens (tertiary/aromatic N) is 2. The van der Waals surface area contributed by atoms with Crippen molar-refractivity contribution in [2.24, 2.45) is 14.1 Å². The highest BCUT2D eigenvalue weighted by Gasteiger charge is 2.11. The third-order valence-corrected chi connectivity index (χ3v) is 4.14. The van der Waals surface area contributed by atoms with Gasteiger partial charge in [0.1, 0.15) is 30.0 Å². The normalized spacial score (nSPS) is 12.0. The minimum absolute atomic E-state index is 0.119. The number of phenols is 1. The summed E-state index contributed by atoms with van der Waals surface area (Å²) >= 11 is 0. The number of aromatic hydroxyl groups is 1. The molecule has 0 bridgehead atoms. The molecule has 2 rings (SSSR count). The van der Waals surface area contributed by atoms with Crippen LogP contribution in [0.1, 0.15) is 5.56 Å². The van der Waals surface area contributed by atoms with Gasteiger partial charge in [-0.25, -0.2) is 4.79 Å². The smallest absolute Gasteiger partial charge is 0.332 e. The van der Waals surface area contributed by atoms with E-state index in [0.29, 0.717) is 36.8 Å². The number of aliphatic hydroxyl groups is 1. The van der Waals surface area contributed by atoms with Crippen molar-refractivity contribution in [2.45, 2.75) is 13.0 Å². The van der Waals surface area contributed by atoms with E-state index in [9.17, 15) is 19.8 Å². The fourth-order valence-electron chi connectivity index (χ4n) is 2.59. The highest BCUT2D eigenvalue weighted by molar-refractivity contribution is 5.42. The van der Waals surface area contributed by atoms with Gasteiger partial charge in [-0.05, 0) is 31.2 Å². The van der Waals surface area contributed by atoms with Gasteiger partial charge in [0.2, 0.25) is 0 Å². The van der Waals surface area contributed by atoms with Gasteiger partial charge in [-0.1, -0.05) is 0 Å². The third-order valence-electron chi connectivity index (χ3n) is 4.14. The van der Waals surface area contributed by atoms with Crippen LogP contribution in [0.4, 0.5) is 5.82 Å². The molecule has 0 saturated heterocycles. The van der Waals surface area contributed by atoms with Crippen LogP contribution in [0.2, 0.25) is 0 Å². The number of phenolic OH excluding ortho intramolecular Hbond substituents is 1. The number of rotatable bonds is 9. The number of nitrogens with one attached hydrogen (secondary N) is 2. The summed E-state index contributed by atoms with van der Waals surface area (Å²) in [5, 5.41) is 25.3. The zero-order valence-corrected chi connectivity index (χ0v) is 15.7. The number of aliphatic hydroxyl groups excluding tert-OH is 1. The van der Waals surface area contributed by atoms with E-state index in [2.05, 4.69) is 10.6 Å². The SMILES string of the molecule is Cc1c(NCCNCC(O)COc2ccc(O)cc2)n(C)c(=O)n(C)c1=O. The number of hydrogen-bond acceptors (Lipinski definition) is 7. The molecular formula is C18H26N4O5. The van der Waals surface area contributed by atoms with Crippen LogP contribution in [0, 0.1) is 6.92 Å². The first-order chi connectivity index (χ1) is 12.8. The predicted molar refractivity (Wildman–Crippen MR) is 103 cm³/mol. The fourth-order valence-corrected chi connectivity index (χ4v) is 2.59. The zero-order valence-electron chi connectivity index (χ0n) is 15.7. The van der Waals surface area contributed by atoms with Gasteiger partial charge >= 0.3 is 5.69 Å². The van der Waals surface area contributed by atoms with Gasteiger partial charge in [-0.2, -0.15) is 0 Å². The van der Waals surface area contributed by atoms with Gasteiger partial charge in [0.15, 0.2) is 0 Å². The van der Waals surface area contributed by atoms with Crippen LogP contribution in [-0.4, -0.2) is 51.7 Å². The van der Waals surface area contributed by atoms with Gasteiger partial charge in [-0.3, -0.25) is 13.9 Å². The van der Waals surface area contributed by atoms with Crippen LogP contribution in [0.5, 0.6) is 11.5 Å². The molecule has 1 unspecified atom stereocenters. The van der Waals surface area contributed by atoms with Crippen molar-refractivity contribution in [3.63, 3.8) is 0 Å². The van der Waals surface area contributed by atoms with Crippen LogP contribution >= 0.6 is 0 Å². The van der Waals surface area contributed by atoms with E-state index in [1.165, 1.54) is 23.7 Å². The van der Waals surface area contributed by atoms with Crippen molar-refractivity contribution in [2.75, 3.05) is 31.6 Å². The van der Waals surface area contributed by atoms with Gasteiger partial charge in [0.05, 0.1) is 5.56 Å². The molecular weight excluding hydrogens is 352 g/mol. The standard InChI is InChI=1S/C18H26N4O5/c1-12-16(21(2)18(26)22(3)17(12)25)20-9-8-19-10-14(24)11-27-15-6-4-13(23)5-7-15/h4-7,14,19-20,23-24H,8-11H2,1-3H3. The van der Waals surface area contributed by atoms with E-state index >= 15 is 0 Å². The Bertz CT molecular complexity index is 836. The maximum Gasteiger partial charge on any atom is 0.332 e. The lowest BCUT2D eigenvalue weighted by atomic mass is 10.3. The quantitative estimate of drug-likeness (QED) is 0.436. The van der Waals surface area contributed by atoms with Crippen molar-refractivity contribution in [1.82, 2.24) is 14.5 Å². The van der Waals surface area contributed by atoms with Gasteiger partial charge in [0.25, 0.3) is 5.56 Å². The van der Waals surface area contributed by atoms with Crippen molar-refractivity contribution in [1.29, 1.82) is 0 Å². The molecule has 9 nitrogen and oxygen atoms in total. The molecule has 4 N–H and O–H groups in total. The Morgan fingerprint density at radius 3 is 2.44 bits per heavy atom. The van der Waals surface area contributed by atoms with Crippen molar-refractivity contribution < 1.29 is 14.9 Å². The molecule has 0 aliphatic heterocycles. The first-order valence-electron chi connectivity index (χ1n) is 8.62. The Kier molecular flexibility index (Phi) is 7.03. The Hall–Kier alpha value is -2.78.